The Morgan fingerprint density at radius 1 is 1.28 bits per heavy atom. The van der Waals surface area contributed by atoms with Crippen molar-refractivity contribution >= 4 is 15.9 Å². The molecule has 0 aromatic heterocycles. The molecule has 3 heteroatoms. The second-order valence-corrected chi connectivity index (χ2v) is 7.65. The second-order valence-electron chi connectivity index (χ2n) is 6.66. The molecule has 18 heavy (non-hydrogen) atoms. The predicted molar refractivity (Wildman–Crippen MR) is 77.7 cm³/mol. The van der Waals surface area contributed by atoms with E-state index >= 15 is 0 Å². The van der Waals surface area contributed by atoms with Gasteiger partial charge < -0.3 is 10.2 Å². The van der Waals surface area contributed by atoms with Crippen molar-refractivity contribution in [2.45, 2.75) is 56.6 Å². The molecule has 2 aliphatic carbocycles. The van der Waals surface area contributed by atoms with Gasteiger partial charge in [0.25, 0.3) is 0 Å². The fraction of sp³-hybridized carbons (Fsp3) is 0.733. The Morgan fingerprint density at radius 2 is 1.89 bits per heavy atom. The quantitative estimate of drug-likeness (QED) is 0.532. The highest BCUT2D eigenvalue weighted by Gasteiger charge is 2.55. The lowest BCUT2D eigenvalue weighted by molar-refractivity contribution is 0.00234. The van der Waals surface area contributed by atoms with Gasteiger partial charge in [0.05, 0.1) is 11.7 Å². The topological polar surface area (TPSA) is 40.5 Å². The van der Waals surface area contributed by atoms with Crippen molar-refractivity contribution in [1.29, 1.82) is 0 Å². The highest BCUT2D eigenvalue weighted by Crippen LogP contribution is 2.60. The molecule has 0 unspecified atom stereocenters. The van der Waals surface area contributed by atoms with Crippen LogP contribution in [0.5, 0.6) is 0 Å². The molecule has 102 valence electrons. The van der Waals surface area contributed by atoms with Gasteiger partial charge in [-0.15, -0.1) is 0 Å². The predicted octanol–water partition coefficient (Wildman–Crippen LogP) is 3.18. The molecule has 0 aliphatic heterocycles. The van der Waals surface area contributed by atoms with E-state index in [1.54, 1.807) is 0 Å². The third kappa shape index (κ3) is 1.91. The fourth-order valence-corrected chi connectivity index (χ4v) is 4.09. The van der Waals surface area contributed by atoms with Gasteiger partial charge in [-0.3, -0.25) is 0 Å². The van der Waals surface area contributed by atoms with Gasteiger partial charge in [-0.2, -0.15) is 0 Å². The van der Waals surface area contributed by atoms with Crippen LogP contribution in [0.4, 0.5) is 0 Å². The third-order valence-corrected chi connectivity index (χ3v) is 6.77. The molecule has 2 aliphatic rings. The Kier molecular flexibility index (Phi) is 3.33. The van der Waals surface area contributed by atoms with Crippen LogP contribution in [-0.4, -0.2) is 26.7 Å². The van der Waals surface area contributed by atoms with E-state index in [0.717, 1.165) is 18.4 Å². The first-order valence-corrected chi connectivity index (χ1v) is 7.47. The maximum absolute atomic E-state index is 10.1. The molecule has 0 bridgehead atoms. The Bertz CT molecular complexity index is 397. The van der Waals surface area contributed by atoms with Crippen molar-refractivity contribution in [3.63, 3.8) is 0 Å². The van der Waals surface area contributed by atoms with Crippen LogP contribution in [0.3, 0.4) is 0 Å². The number of alkyl halides is 1. The van der Waals surface area contributed by atoms with E-state index in [4.69, 9.17) is 0 Å². The first kappa shape index (κ1) is 14.3. The number of aliphatic hydroxyl groups is 2. The molecular weight excluding hydrogens is 292 g/mol. The maximum atomic E-state index is 10.1. The van der Waals surface area contributed by atoms with E-state index < -0.39 is 5.60 Å². The van der Waals surface area contributed by atoms with Gasteiger partial charge in [-0.05, 0) is 31.6 Å². The lowest BCUT2D eigenvalue weighted by Crippen LogP contribution is -2.54. The second kappa shape index (κ2) is 4.19. The summed E-state index contributed by atoms with van der Waals surface area (Å²) in [5.74, 6) is 0. The number of allylic oxidation sites excluding steroid dienone is 1. The molecule has 0 saturated heterocycles. The summed E-state index contributed by atoms with van der Waals surface area (Å²) in [4.78, 5) is 0.0446. The van der Waals surface area contributed by atoms with Crippen molar-refractivity contribution in [2.75, 3.05) is 0 Å². The van der Waals surface area contributed by atoms with Crippen LogP contribution in [0.2, 0.25) is 0 Å². The third-order valence-electron chi connectivity index (χ3n) is 5.02. The molecule has 1 saturated carbocycles. The van der Waals surface area contributed by atoms with E-state index in [1.165, 1.54) is 0 Å². The molecular formula is C15H23BrO2. The zero-order valence-corrected chi connectivity index (χ0v) is 13.0. The molecule has 2 rings (SSSR count). The van der Waals surface area contributed by atoms with Crippen LogP contribution in [0.25, 0.3) is 0 Å². The standard InChI is InChI=1S/C15H23BrO2/c1-10-9-11(17)12(16)13(2,3)15(10)7-5-14(4,18)6-8-15/h5,7,11-12,17-18H,1,6,8-9H2,2-4H3/t11-,12-,14+,15-/m0/s1. The first-order chi connectivity index (χ1) is 8.12. The summed E-state index contributed by atoms with van der Waals surface area (Å²) in [6, 6.07) is 0. The van der Waals surface area contributed by atoms with Crippen molar-refractivity contribution in [2.24, 2.45) is 10.8 Å². The Balaban J connectivity index is 2.45. The summed E-state index contributed by atoms with van der Waals surface area (Å²) in [6.45, 7) is 10.4. The van der Waals surface area contributed by atoms with Crippen LogP contribution in [0.1, 0.15) is 40.0 Å². The normalized spacial score (nSPS) is 47.6. The largest absolute Gasteiger partial charge is 0.392 e. The zero-order chi connectivity index (χ0) is 13.8. The van der Waals surface area contributed by atoms with Gasteiger partial charge in [-0.1, -0.05) is 54.1 Å². The Morgan fingerprint density at radius 3 is 2.39 bits per heavy atom. The summed E-state index contributed by atoms with van der Waals surface area (Å²) < 4.78 is 0. The summed E-state index contributed by atoms with van der Waals surface area (Å²) in [5.41, 5.74) is 0.138. The van der Waals surface area contributed by atoms with Gasteiger partial charge in [0.1, 0.15) is 0 Å². The van der Waals surface area contributed by atoms with E-state index in [-0.39, 0.29) is 21.8 Å². The molecule has 2 nitrogen and oxygen atoms in total. The monoisotopic (exact) mass is 314 g/mol. The smallest absolute Gasteiger partial charge is 0.0800 e. The molecule has 0 aromatic rings. The van der Waals surface area contributed by atoms with Crippen LogP contribution < -0.4 is 0 Å². The van der Waals surface area contributed by atoms with E-state index in [9.17, 15) is 10.2 Å². The number of hydrogen-bond acceptors (Lipinski definition) is 2. The highest BCUT2D eigenvalue weighted by atomic mass is 79.9. The summed E-state index contributed by atoms with van der Waals surface area (Å²) >= 11 is 3.65. The summed E-state index contributed by atoms with van der Waals surface area (Å²) in [5, 5.41) is 20.2. The average Bonchev–Trinajstić information content (AvgIpc) is 2.26. The molecule has 2 N–H and O–H groups in total. The number of hydrogen-bond donors (Lipinski definition) is 2. The molecule has 0 heterocycles. The molecule has 0 radical (unpaired) electrons. The molecule has 1 spiro atoms. The van der Waals surface area contributed by atoms with E-state index in [0.29, 0.717) is 6.42 Å². The van der Waals surface area contributed by atoms with Crippen LogP contribution in [0, 0.1) is 10.8 Å². The first-order valence-electron chi connectivity index (χ1n) is 6.56. The molecule has 0 amide bonds. The number of rotatable bonds is 0. The van der Waals surface area contributed by atoms with Crippen LogP contribution in [-0.2, 0) is 0 Å². The fourth-order valence-electron chi connectivity index (χ4n) is 3.49. The summed E-state index contributed by atoms with van der Waals surface area (Å²) in [7, 11) is 0. The lowest BCUT2D eigenvalue weighted by Gasteiger charge is -2.56. The minimum Gasteiger partial charge on any atom is -0.392 e. The Labute approximate surface area is 118 Å². The molecule has 4 atom stereocenters. The van der Waals surface area contributed by atoms with Crippen molar-refractivity contribution in [1.82, 2.24) is 0 Å². The zero-order valence-electron chi connectivity index (χ0n) is 11.4. The summed E-state index contributed by atoms with van der Waals surface area (Å²) in [6.07, 6.45) is 5.90. The van der Waals surface area contributed by atoms with Gasteiger partial charge >= 0.3 is 0 Å². The average molecular weight is 315 g/mol. The van der Waals surface area contributed by atoms with Gasteiger partial charge in [0.15, 0.2) is 0 Å². The number of halogens is 1. The highest BCUT2D eigenvalue weighted by molar-refractivity contribution is 9.09. The van der Waals surface area contributed by atoms with Crippen molar-refractivity contribution in [3.8, 4) is 0 Å². The van der Waals surface area contributed by atoms with Gasteiger partial charge in [0, 0.05) is 10.2 Å². The SMILES string of the molecule is C=C1C[C@H](O)[C@H](Br)C(C)(C)[C@]12C=C[C@@](C)(O)CC2. The molecule has 1 fully saturated rings. The Hall–Kier alpha value is -0.120. The van der Waals surface area contributed by atoms with Crippen molar-refractivity contribution in [3.05, 3.63) is 24.3 Å². The molecule has 0 aromatic carbocycles. The maximum Gasteiger partial charge on any atom is 0.0800 e. The lowest BCUT2D eigenvalue weighted by atomic mass is 9.51. The van der Waals surface area contributed by atoms with Gasteiger partial charge in [0.2, 0.25) is 0 Å². The van der Waals surface area contributed by atoms with E-state index in [1.807, 2.05) is 13.0 Å². The number of aliphatic hydroxyl groups excluding tert-OH is 1. The van der Waals surface area contributed by atoms with Crippen LogP contribution in [0.15, 0.2) is 24.3 Å². The van der Waals surface area contributed by atoms with Crippen LogP contribution >= 0.6 is 15.9 Å². The van der Waals surface area contributed by atoms with Crippen molar-refractivity contribution < 1.29 is 10.2 Å². The minimum absolute atomic E-state index is 0.0446. The van der Waals surface area contributed by atoms with Gasteiger partial charge in [-0.25, -0.2) is 0 Å². The van der Waals surface area contributed by atoms with E-state index in [2.05, 4.69) is 42.4 Å². The minimum atomic E-state index is -0.709.